The van der Waals surface area contributed by atoms with Gasteiger partial charge in [0.2, 0.25) is 11.9 Å². The van der Waals surface area contributed by atoms with E-state index in [0.29, 0.717) is 52.6 Å². The molecule has 0 bridgehead atoms. The molecule has 2 aliphatic carbocycles. The van der Waals surface area contributed by atoms with Crippen LogP contribution in [0.4, 0.5) is 17.5 Å². The van der Waals surface area contributed by atoms with E-state index >= 15 is 0 Å². The van der Waals surface area contributed by atoms with Gasteiger partial charge in [0.15, 0.2) is 17.2 Å². The Bertz CT molecular complexity index is 1440. The van der Waals surface area contributed by atoms with Gasteiger partial charge in [-0.15, -0.1) is 5.10 Å². The predicted molar refractivity (Wildman–Crippen MR) is 133 cm³/mol. The van der Waals surface area contributed by atoms with Gasteiger partial charge in [0.1, 0.15) is 6.07 Å². The summed E-state index contributed by atoms with van der Waals surface area (Å²) in [6, 6.07) is 8.17. The Balaban J connectivity index is 1.30. The molecular weight excluding hydrogens is 478 g/mol. The number of nitrogens with one attached hydrogen (secondary N) is 2. The quantitative estimate of drug-likeness (QED) is 0.518. The molecule has 2 N–H and O–H groups in total. The summed E-state index contributed by atoms with van der Waals surface area (Å²) < 4.78 is 1.45. The molecule has 0 atom stereocenters. The van der Waals surface area contributed by atoms with E-state index in [1.807, 2.05) is 11.0 Å². The molecule has 3 fully saturated rings. The monoisotopic (exact) mass is 501 g/mol. The number of halogens is 1. The first-order chi connectivity index (χ1) is 17.5. The van der Waals surface area contributed by atoms with Gasteiger partial charge in [0.05, 0.1) is 28.5 Å². The largest absolute Gasteiger partial charge is 0.364 e. The minimum absolute atomic E-state index is 0.143. The van der Waals surface area contributed by atoms with Crippen molar-refractivity contribution < 1.29 is 4.79 Å². The van der Waals surface area contributed by atoms with Gasteiger partial charge in [-0.2, -0.15) is 20.0 Å². The summed E-state index contributed by atoms with van der Waals surface area (Å²) in [5.74, 6) is 1.41. The summed E-state index contributed by atoms with van der Waals surface area (Å²) in [6.07, 6.45) is 7.17. The van der Waals surface area contributed by atoms with Crippen LogP contribution < -0.4 is 10.6 Å². The smallest absolute Gasteiger partial charge is 0.247 e. The fourth-order valence-electron chi connectivity index (χ4n) is 4.75. The number of carbonyl (C=O) groups excluding carboxylic acids is 1. The minimum atomic E-state index is 0.143. The molecule has 1 saturated heterocycles. The van der Waals surface area contributed by atoms with Gasteiger partial charge >= 0.3 is 0 Å². The lowest BCUT2D eigenvalue weighted by atomic mass is 9.88. The highest BCUT2D eigenvalue weighted by Crippen LogP contribution is 2.40. The number of fused-ring (bicyclic) bond motifs is 1. The molecule has 36 heavy (non-hydrogen) atoms. The molecule has 0 radical (unpaired) electrons. The molecule has 1 amide bonds. The van der Waals surface area contributed by atoms with Crippen molar-refractivity contribution in [1.82, 2.24) is 24.5 Å². The highest BCUT2D eigenvalue weighted by molar-refractivity contribution is 6.34. The number of carbonyl (C=O) groups is 1. The lowest BCUT2D eigenvalue weighted by molar-refractivity contribution is -0.133. The number of nitrogens with zero attached hydrogens (tertiary/aromatic N) is 7. The molecule has 10 nitrogen and oxygen atoms in total. The molecule has 3 heterocycles. The number of imidazole rings is 1. The third-order valence-electron chi connectivity index (χ3n) is 7.04. The first kappa shape index (κ1) is 22.6. The van der Waals surface area contributed by atoms with E-state index in [0.717, 1.165) is 44.1 Å². The van der Waals surface area contributed by atoms with Crippen LogP contribution in [0.1, 0.15) is 61.3 Å². The average molecular weight is 502 g/mol. The number of anilines is 3. The molecule has 0 spiro atoms. The van der Waals surface area contributed by atoms with Crippen LogP contribution in [0.15, 0.2) is 18.3 Å². The molecule has 0 unspecified atom stereocenters. The van der Waals surface area contributed by atoms with Crippen molar-refractivity contribution in [2.24, 2.45) is 5.92 Å². The Kier molecular flexibility index (Phi) is 5.62. The average Bonchev–Trinajstić information content (AvgIpc) is 3.83. The third kappa shape index (κ3) is 4.29. The van der Waals surface area contributed by atoms with Crippen molar-refractivity contribution in [2.75, 3.05) is 23.7 Å². The van der Waals surface area contributed by atoms with E-state index in [-0.39, 0.29) is 23.7 Å². The molecule has 3 aromatic rings. The van der Waals surface area contributed by atoms with Crippen LogP contribution in [0.25, 0.3) is 5.65 Å². The number of piperidine rings is 1. The minimum Gasteiger partial charge on any atom is -0.364 e. The summed E-state index contributed by atoms with van der Waals surface area (Å²) in [5, 5.41) is 30.7. The maximum Gasteiger partial charge on any atom is 0.247 e. The number of likely N-dealkylation sites (tertiary alicyclic amines) is 1. The maximum atomic E-state index is 12.4. The van der Waals surface area contributed by atoms with Crippen LogP contribution in [-0.2, 0) is 4.79 Å². The van der Waals surface area contributed by atoms with Crippen LogP contribution in [0, 0.1) is 28.6 Å². The first-order valence-corrected chi connectivity index (χ1v) is 12.6. The van der Waals surface area contributed by atoms with Crippen molar-refractivity contribution in [2.45, 2.75) is 50.5 Å². The van der Waals surface area contributed by atoms with Crippen LogP contribution in [-0.4, -0.2) is 49.5 Å². The molecular formula is C25H24ClN9O. The van der Waals surface area contributed by atoms with Crippen LogP contribution in [0.5, 0.6) is 0 Å². The Morgan fingerprint density at radius 2 is 1.86 bits per heavy atom. The first-order valence-electron chi connectivity index (χ1n) is 12.3. The van der Waals surface area contributed by atoms with Crippen molar-refractivity contribution in [3.63, 3.8) is 0 Å². The van der Waals surface area contributed by atoms with Gasteiger partial charge in [-0.3, -0.25) is 4.79 Å². The standard InChI is InChI=1S/C25H24ClN9O/c26-21-19(15-5-7-34(8-6-15)24(36)16-1-2-16)9-14(11-27)10-20(21)31-25-32-22(30-17-3-4-17)23-29-13-18(12-28)35(23)33-25/h9-10,13,15-17H,1-8H2,(H2,30,31,32,33). The molecule has 1 aromatic carbocycles. The fraction of sp³-hybridized carbons (Fsp3) is 0.440. The van der Waals surface area contributed by atoms with E-state index < -0.39 is 0 Å². The Morgan fingerprint density at radius 1 is 1.08 bits per heavy atom. The normalized spacial score (nSPS) is 18.0. The van der Waals surface area contributed by atoms with Crippen LogP contribution in [0.3, 0.4) is 0 Å². The number of amides is 1. The molecule has 3 aliphatic rings. The predicted octanol–water partition coefficient (Wildman–Crippen LogP) is 3.95. The number of rotatable bonds is 6. The maximum absolute atomic E-state index is 12.4. The van der Waals surface area contributed by atoms with Gasteiger partial charge in [-0.1, -0.05) is 11.6 Å². The number of aromatic nitrogens is 4. The summed E-state index contributed by atoms with van der Waals surface area (Å²) >= 11 is 6.88. The van der Waals surface area contributed by atoms with Crippen LogP contribution in [0.2, 0.25) is 5.02 Å². The van der Waals surface area contributed by atoms with Gasteiger partial charge in [0.25, 0.3) is 0 Å². The Hall–Kier alpha value is -3.89. The molecule has 11 heteroatoms. The van der Waals surface area contributed by atoms with Gasteiger partial charge in [-0.05, 0) is 62.1 Å². The number of nitriles is 2. The third-order valence-corrected chi connectivity index (χ3v) is 7.47. The van der Waals surface area contributed by atoms with Crippen molar-refractivity contribution in [3.8, 4) is 12.1 Å². The zero-order valence-electron chi connectivity index (χ0n) is 19.5. The topological polar surface area (TPSA) is 135 Å². The second kappa shape index (κ2) is 8.96. The SMILES string of the molecule is N#Cc1cc(Nc2nc(NC3CC3)c3ncc(C#N)n3n2)c(Cl)c(C2CCN(C(=O)C3CC3)CC2)c1. The van der Waals surface area contributed by atoms with Gasteiger partial charge in [-0.25, -0.2) is 4.98 Å². The zero-order chi connectivity index (χ0) is 24.8. The van der Waals surface area contributed by atoms with E-state index in [1.165, 1.54) is 10.7 Å². The molecule has 182 valence electrons. The Labute approximate surface area is 212 Å². The zero-order valence-corrected chi connectivity index (χ0v) is 20.3. The highest BCUT2D eigenvalue weighted by Gasteiger charge is 2.35. The number of hydrogen-bond donors (Lipinski definition) is 2. The molecule has 2 saturated carbocycles. The van der Waals surface area contributed by atoms with Crippen LogP contribution >= 0.6 is 11.6 Å². The van der Waals surface area contributed by atoms with Gasteiger partial charge in [0, 0.05) is 25.0 Å². The van der Waals surface area contributed by atoms with E-state index in [4.69, 9.17) is 11.6 Å². The fourth-order valence-corrected chi connectivity index (χ4v) is 5.06. The second-order valence-corrected chi connectivity index (χ2v) is 10.1. The van der Waals surface area contributed by atoms with Crippen molar-refractivity contribution >= 4 is 40.6 Å². The molecule has 2 aromatic heterocycles. The summed E-state index contributed by atoms with van der Waals surface area (Å²) in [4.78, 5) is 23.3. The summed E-state index contributed by atoms with van der Waals surface area (Å²) in [7, 11) is 0. The number of benzene rings is 1. The highest BCUT2D eigenvalue weighted by atomic mass is 35.5. The van der Waals surface area contributed by atoms with E-state index in [2.05, 4.69) is 37.8 Å². The van der Waals surface area contributed by atoms with E-state index in [1.54, 1.807) is 6.07 Å². The van der Waals surface area contributed by atoms with Crippen molar-refractivity contribution in [3.05, 3.63) is 40.2 Å². The lowest BCUT2D eigenvalue weighted by Gasteiger charge is -2.33. The summed E-state index contributed by atoms with van der Waals surface area (Å²) in [6.45, 7) is 1.40. The summed E-state index contributed by atoms with van der Waals surface area (Å²) in [5.41, 5.74) is 2.66. The Morgan fingerprint density at radius 3 is 2.53 bits per heavy atom. The second-order valence-electron chi connectivity index (χ2n) is 9.73. The lowest BCUT2D eigenvalue weighted by Crippen LogP contribution is -2.38. The van der Waals surface area contributed by atoms with E-state index in [9.17, 15) is 15.3 Å². The molecule has 1 aliphatic heterocycles. The molecule has 6 rings (SSSR count). The van der Waals surface area contributed by atoms with Gasteiger partial charge < -0.3 is 15.5 Å². The number of hydrogen-bond acceptors (Lipinski definition) is 8. The van der Waals surface area contributed by atoms with Crippen molar-refractivity contribution in [1.29, 1.82) is 10.5 Å².